The smallest absolute Gasteiger partial charge is 0.222 e. The molecule has 6 heteroatoms. The van der Waals surface area contributed by atoms with E-state index in [2.05, 4.69) is 5.32 Å². The van der Waals surface area contributed by atoms with Gasteiger partial charge < -0.3 is 19.7 Å². The number of likely N-dealkylation sites (tertiary alicyclic amines) is 1. The van der Waals surface area contributed by atoms with E-state index in [9.17, 15) is 4.79 Å². The summed E-state index contributed by atoms with van der Waals surface area (Å²) in [6.07, 6.45) is 4.02. The summed E-state index contributed by atoms with van der Waals surface area (Å²) >= 11 is 0. The molecule has 0 bridgehead atoms. The predicted molar refractivity (Wildman–Crippen MR) is 93.5 cm³/mol. The first-order valence-electron chi connectivity index (χ1n) is 7.94. The van der Waals surface area contributed by atoms with Crippen LogP contribution in [0.2, 0.25) is 0 Å². The lowest BCUT2D eigenvalue weighted by molar-refractivity contribution is -0.130. The Bertz CT molecular complexity index is 497. The summed E-state index contributed by atoms with van der Waals surface area (Å²) in [4.78, 5) is 13.9. The molecule has 0 aliphatic carbocycles. The maximum atomic E-state index is 11.9. The van der Waals surface area contributed by atoms with Gasteiger partial charge in [0, 0.05) is 44.2 Å². The van der Waals surface area contributed by atoms with Crippen molar-refractivity contribution in [2.45, 2.75) is 32.2 Å². The third-order valence-corrected chi connectivity index (χ3v) is 4.04. The van der Waals surface area contributed by atoms with Crippen molar-refractivity contribution in [3.63, 3.8) is 0 Å². The van der Waals surface area contributed by atoms with E-state index in [1.165, 1.54) is 6.42 Å². The molecule has 0 aromatic heterocycles. The number of halogens is 1. The number of carbonyl (C=O) groups is 1. The van der Waals surface area contributed by atoms with Crippen molar-refractivity contribution in [3.05, 3.63) is 23.8 Å². The van der Waals surface area contributed by atoms with Gasteiger partial charge in [0.15, 0.2) is 0 Å². The first kappa shape index (κ1) is 19.6. The first-order valence-corrected chi connectivity index (χ1v) is 7.94. The van der Waals surface area contributed by atoms with E-state index in [1.54, 1.807) is 14.2 Å². The van der Waals surface area contributed by atoms with Crippen molar-refractivity contribution in [2.24, 2.45) is 0 Å². The van der Waals surface area contributed by atoms with Gasteiger partial charge in [0.05, 0.1) is 14.2 Å². The number of nitrogens with one attached hydrogen (secondary N) is 1. The Morgan fingerprint density at radius 2 is 2.00 bits per heavy atom. The summed E-state index contributed by atoms with van der Waals surface area (Å²) in [6, 6.07) is 5.81. The second-order valence-electron chi connectivity index (χ2n) is 5.55. The number of carbonyl (C=O) groups excluding carboxylic acids is 1. The minimum atomic E-state index is 0. The van der Waals surface area contributed by atoms with E-state index in [0.717, 1.165) is 56.1 Å². The molecule has 5 nitrogen and oxygen atoms in total. The van der Waals surface area contributed by atoms with Gasteiger partial charge in [-0.1, -0.05) is 12.5 Å². The third-order valence-electron chi connectivity index (χ3n) is 4.04. The van der Waals surface area contributed by atoms with E-state index in [1.807, 2.05) is 23.1 Å². The van der Waals surface area contributed by atoms with Crippen molar-refractivity contribution in [1.29, 1.82) is 0 Å². The maximum Gasteiger partial charge on any atom is 0.222 e. The molecule has 1 aromatic carbocycles. The summed E-state index contributed by atoms with van der Waals surface area (Å²) in [7, 11) is 3.30. The number of amides is 1. The number of ether oxygens (including phenoxy) is 2. The lowest BCUT2D eigenvalue weighted by atomic mass is 10.2. The Morgan fingerprint density at radius 1 is 1.17 bits per heavy atom. The summed E-state index contributed by atoms with van der Waals surface area (Å²) in [5.41, 5.74) is 1.09. The van der Waals surface area contributed by atoms with Crippen LogP contribution in [0.5, 0.6) is 11.5 Å². The highest BCUT2D eigenvalue weighted by molar-refractivity contribution is 5.85. The maximum absolute atomic E-state index is 11.9. The number of hydrogen-bond donors (Lipinski definition) is 1. The largest absolute Gasteiger partial charge is 0.497 e. The average molecular weight is 343 g/mol. The third kappa shape index (κ3) is 5.92. The van der Waals surface area contributed by atoms with Crippen LogP contribution in [0.3, 0.4) is 0 Å². The van der Waals surface area contributed by atoms with Crippen LogP contribution in [0.1, 0.15) is 31.2 Å². The van der Waals surface area contributed by atoms with Crippen LogP contribution in [-0.4, -0.2) is 44.7 Å². The van der Waals surface area contributed by atoms with E-state index in [0.29, 0.717) is 12.3 Å². The Balaban J connectivity index is 0.00000264. The fraction of sp³-hybridized carbons (Fsp3) is 0.588. The highest BCUT2D eigenvalue weighted by atomic mass is 35.5. The minimum Gasteiger partial charge on any atom is -0.497 e. The molecule has 2 rings (SSSR count). The Morgan fingerprint density at radius 3 is 2.74 bits per heavy atom. The molecular formula is C17H27ClN2O3. The van der Waals surface area contributed by atoms with Gasteiger partial charge in [-0.3, -0.25) is 4.79 Å². The molecule has 23 heavy (non-hydrogen) atoms. The predicted octanol–water partition coefficient (Wildman–Crippen LogP) is 2.62. The lowest BCUT2D eigenvalue weighted by Gasteiger charge is -2.20. The van der Waals surface area contributed by atoms with Crippen LogP contribution in [-0.2, 0) is 11.3 Å². The van der Waals surface area contributed by atoms with Crippen molar-refractivity contribution in [2.75, 3.05) is 33.9 Å². The molecule has 1 N–H and O–H groups in total. The summed E-state index contributed by atoms with van der Waals surface area (Å²) in [5, 5.41) is 3.39. The SMILES string of the molecule is COc1ccc(CNCCN2CCCCCC2=O)c(OC)c1.Cl. The van der Waals surface area contributed by atoms with Gasteiger partial charge in [-0.15, -0.1) is 12.4 Å². The van der Waals surface area contributed by atoms with Gasteiger partial charge in [0.1, 0.15) is 11.5 Å². The quantitative estimate of drug-likeness (QED) is 0.774. The Hall–Kier alpha value is -1.46. The molecule has 1 amide bonds. The molecule has 1 aliphatic rings. The van der Waals surface area contributed by atoms with Gasteiger partial charge in [-0.25, -0.2) is 0 Å². The van der Waals surface area contributed by atoms with E-state index < -0.39 is 0 Å². The van der Waals surface area contributed by atoms with Gasteiger partial charge >= 0.3 is 0 Å². The molecular weight excluding hydrogens is 316 g/mol. The van der Waals surface area contributed by atoms with Crippen molar-refractivity contribution < 1.29 is 14.3 Å². The molecule has 130 valence electrons. The van der Waals surface area contributed by atoms with Gasteiger partial charge in [0.25, 0.3) is 0 Å². The average Bonchev–Trinajstić information content (AvgIpc) is 2.76. The Kier molecular flexibility index (Phi) is 8.81. The second-order valence-corrected chi connectivity index (χ2v) is 5.55. The molecule has 1 heterocycles. The number of rotatable bonds is 7. The van der Waals surface area contributed by atoms with E-state index in [-0.39, 0.29) is 12.4 Å². The standard InChI is InChI=1S/C17H26N2O3.ClH/c1-21-15-8-7-14(16(12-15)22-2)13-18-9-11-19-10-5-3-4-6-17(19)20;/h7-8,12,18H,3-6,9-11,13H2,1-2H3;1H. The zero-order valence-corrected chi connectivity index (χ0v) is 14.8. The van der Waals surface area contributed by atoms with E-state index in [4.69, 9.17) is 9.47 Å². The summed E-state index contributed by atoms with van der Waals surface area (Å²) in [6.45, 7) is 3.18. The summed E-state index contributed by atoms with van der Waals surface area (Å²) in [5.74, 6) is 1.90. The van der Waals surface area contributed by atoms with Crippen LogP contribution < -0.4 is 14.8 Å². The monoisotopic (exact) mass is 342 g/mol. The van der Waals surface area contributed by atoms with Crippen LogP contribution in [0.15, 0.2) is 18.2 Å². The fourth-order valence-corrected chi connectivity index (χ4v) is 2.71. The van der Waals surface area contributed by atoms with Crippen LogP contribution in [0.25, 0.3) is 0 Å². The normalized spacial score (nSPS) is 14.9. The highest BCUT2D eigenvalue weighted by Gasteiger charge is 2.15. The lowest BCUT2D eigenvalue weighted by Crippen LogP contribution is -2.36. The van der Waals surface area contributed by atoms with Crippen molar-refractivity contribution in [3.8, 4) is 11.5 Å². The van der Waals surface area contributed by atoms with Crippen LogP contribution >= 0.6 is 12.4 Å². The number of hydrogen-bond acceptors (Lipinski definition) is 4. The molecule has 0 spiro atoms. The first-order chi connectivity index (χ1) is 10.7. The topological polar surface area (TPSA) is 50.8 Å². The molecule has 0 saturated carbocycles. The van der Waals surface area contributed by atoms with Crippen molar-refractivity contribution >= 4 is 18.3 Å². The molecule has 1 aliphatic heterocycles. The van der Waals surface area contributed by atoms with Gasteiger partial charge in [-0.2, -0.15) is 0 Å². The van der Waals surface area contributed by atoms with Crippen molar-refractivity contribution in [1.82, 2.24) is 10.2 Å². The summed E-state index contributed by atoms with van der Waals surface area (Å²) < 4.78 is 10.6. The van der Waals surface area contributed by atoms with Crippen LogP contribution in [0.4, 0.5) is 0 Å². The van der Waals surface area contributed by atoms with Crippen LogP contribution in [0, 0.1) is 0 Å². The number of benzene rings is 1. The van der Waals surface area contributed by atoms with Gasteiger partial charge in [-0.05, 0) is 18.9 Å². The van der Waals surface area contributed by atoms with Gasteiger partial charge in [0.2, 0.25) is 5.91 Å². The number of methoxy groups -OCH3 is 2. The minimum absolute atomic E-state index is 0. The Labute approximate surface area is 144 Å². The molecule has 1 fully saturated rings. The number of nitrogens with zero attached hydrogens (tertiary/aromatic N) is 1. The fourth-order valence-electron chi connectivity index (χ4n) is 2.71. The molecule has 1 aromatic rings. The molecule has 0 atom stereocenters. The molecule has 1 saturated heterocycles. The zero-order valence-electron chi connectivity index (χ0n) is 14.0. The molecule has 0 unspecified atom stereocenters. The van der Waals surface area contributed by atoms with E-state index >= 15 is 0 Å². The highest BCUT2D eigenvalue weighted by Crippen LogP contribution is 2.24. The zero-order chi connectivity index (χ0) is 15.8. The second kappa shape index (κ2) is 10.3. The molecule has 0 radical (unpaired) electrons.